The summed E-state index contributed by atoms with van der Waals surface area (Å²) in [5.74, 6) is 1.14. The highest BCUT2D eigenvalue weighted by molar-refractivity contribution is 4.97. The first kappa shape index (κ1) is 14.4. The number of aliphatic hydroxyl groups excluding tert-OH is 1. The van der Waals surface area contributed by atoms with Crippen LogP contribution in [0.3, 0.4) is 0 Å². The average molecular weight is 268 g/mol. The summed E-state index contributed by atoms with van der Waals surface area (Å²) >= 11 is 0. The second-order valence-corrected chi connectivity index (χ2v) is 5.68. The summed E-state index contributed by atoms with van der Waals surface area (Å²) in [5, 5.41) is 13.6. The van der Waals surface area contributed by atoms with Gasteiger partial charge in [0.25, 0.3) is 0 Å². The van der Waals surface area contributed by atoms with Crippen LogP contribution >= 0.6 is 0 Å². The van der Waals surface area contributed by atoms with Gasteiger partial charge in [0.05, 0.1) is 12.0 Å². The Bertz CT molecular complexity index is 407. The Morgan fingerprint density at radius 3 is 2.79 bits per heavy atom. The molecule has 2 heterocycles. The molecular weight excluding hydrogens is 244 g/mol. The van der Waals surface area contributed by atoms with E-state index >= 15 is 0 Å². The molecule has 0 bridgehead atoms. The van der Waals surface area contributed by atoms with Crippen LogP contribution < -0.4 is 0 Å². The fourth-order valence-electron chi connectivity index (χ4n) is 2.27. The highest BCUT2D eigenvalue weighted by Gasteiger charge is 2.25. The van der Waals surface area contributed by atoms with Gasteiger partial charge >= 0.3 is 0 Å². The highest BCUT2D eigenvalue weighted by Crippen LogP contribution is 2.18. The van der Waals surface area contributed by atoms with E-state index in [1.807, 2.05) is 6.92 Å². The molecule has 0 aliphatic carbocycles. The molecule has 1 saturated heterocycles. The minimum atomic E-state index is -0.475. The van der Waals surface area contributed by atoms with Gasteiger partial charge in [-0.05, 0) is 21.0 Å². The molecule has 0 aromatic carbocycles. The zero-order chi connectivity index (χ0) is 14.0. The third-order valence-electron chi connectivity index (χ3n) is 4.00. The molecule has 3 atom stereocenters. The number of aliphatic hydroxyl groups is 1. The molecule has 0 saturated carbocycles. The molecule has 1 aliphatic heterocycles. The zero-order valence-electron chi connectivity index (χ0n) is 12.2. The van der Waals surface area contributed by atoms with Crippen LogP contribution in [0, 0.1) is 0 Å². The van der Waals surface area contributed by atoms with Crippen LogP contribution in [0.4, 0.5) is 0 Å². The number of rotatable bonds is 4. The van der Waals surface area contributed by atoms with Gasteiger partial charge in [-0.25, -0.2) is 0 Å². The quantitative estimate of drug-likeness (QED) is 0.849. The molecule has 19 heavy (non-hydrogen) atoms. The number of nitrogens with zero attached hydrogens (tertiary/aromatic N) is 4. The molecule has 0 radical (unpaired) electrons. The van der Waals surface area contributed by atoms with Crippen LogP contribution in [0.15, 0.2) is 4.52 Å². The largest absolute Gasteiger partial charge is 0.393 e. The Labute approximate surface area is 114 Å². The second kappa shape index (κ2) is 5.98. The molecule has 1 aliphatic rings. The third kappa shape index (κ3) is 3.52. The first-order valence-corrected chi connectivity index (χ1v) is 6.86. The summed E-state index contributed by atoms with van der Waals surface area (Å²) in [5.41, 5.74) is 0. The van der Waals surface area contributed by atoms with Crippen molar-refractivity contribution in [1.29, 1.82) is 0 Å². The monoisotopic (exact) mass is 268 g/mol. The summed E-state index contributed by atoms with van der Waals surface area (Å²) in [7, 11) is 4.27. The van der Waals surface area contributed by atoms with Gasteiger partial charge in [0.1, 0.15) is 0 Å². The lowest BCUT2D eigenvalue weighted by Crippen LogP contribution is -2.50. The van der Waals surface area contributed by atoms with Gasteiger partial charge in [0.15, 0.2) is 5.82 Å². The fourth-order valence-corrected chi connectivity index (χ4v) is 2.27. The van der Waals surface area contributed by atoms with Gasteiger partial charge in [-0.1, -0.05) is 12.1 Å². The van der Waals surface area contributed by atoms with E-state index in [-0.39, 0.29) is 5.92 Å². The Balaban J connectivity index is 1.99. The normalized spacial score (nSPS) is 25.4. The SMILES string of the molecule is CC(O)C(C)c1nc(CC2CN(C)CCN2C)no1. The summed E-state index contributed by atoms with van der Waals surface area (Å²) in [4.78, 5) is 9.07. The van der Waals surface area contributed by atoms with Crippen molar-refractivity contribution >= 4 is 0 Å². The molecule has 2 rings (SSSR count). The van der Waals surface area contributed by atoms with Crippen LogP contribution in [0.25, 0.3) is 0 Å². The van der Waals surface area contributed by atoms with Crippen molar-refractivity contribution in [1.82, 2.24) is 19.9 Å². The van der Waals surface area contributed by atoms with E-state index in [9.17, 15) is 5.11 Å². The summed E-state index contributed by atoms with van der Waals surface area (Å²) in [6.45, 7) is 6.81. The van der Waals surface area contributed by atoms with Crippen LogP contribution in [0.1, 0.15) is 31.5 Å². The van der Waals surface area contributed by atoms with Crippen LogP contribution in [-0.2, 0) is 6.42 Å². The standard InChI is InChI=1S/C13H24N4O2/c1-9(10(2)18)13-14-12(15-19-13)7-11-8-16(3)5-6-17(11)4/h9-11,18H,5-8H2,1-4H3. The summed E-state index contributed by atoms with van der Waals surface area (Å²) in [6.07, 6.45) is 0.313. The molecule has 1 aromatic heterocycles. The molecule has 0 spiro atoms. The average Bonchev–Trinajstić information content (AvgIpc) is 2.81. The molecule has 6 heteroatoms. The smallest absolute Gasteiger partial charge is 0.232 e. The third-order valence-corrected chi connectivity index (χ3v) is 4.00. The molecule has 0 amide bonds. The van der Waals surface area contributed by atoms with E-state index in [4.69, 9.17) is 4.52 Å². The van der Waals surface area contributed by atoms with Gasteiger partial charge in [0, 0.05) is 32.1 Å². The van der Waals surface area contributed by atoms with Crippen molar-refractivity contribution in [2.75, 3.05) is 33.7 Å². The molecule has 1 aromatic rings. The first-order valence-electron chi connectivity index (χ1n) is 6.86. The molecule has 6 nitrogen and oxygen atoms in total. The lowest BCUT2D eigenvalue weighted by Gasteiger charge is -2.37. The number of hydrogen-bond acceptors (Lipinski definition) is 6. The molecule has 108 valence electrons. The number of piperazine rings is 1. The van der Waals surface area contributed by atoms with Crippen LogP contribution in [0.2, 0.25) is 0 Å². The molecule has 1 fully saturated rings. The topological polar surface area (TPSA) is 65.6 Å². The molecule has 1 N–H and O–H groups in total. The van der Waals surface area contributed by atoms with Gasteiger partial charge in [-0.15, -0.1) is 0 Å². The van der Waals surface area contributed by atoms with Crippen molar-refractivity contribution < 1.29 is 9.63 Å². The lowest BCUT2D eigenvalue weighted by molar-refractivity contribution is 0.113. The van der Waals surface area contributed by atoms with Crippen molar-refractivity contribution in [2.45, 2.75) is 38.3 Å². The minimum Gasteiger partial charge on any atom is -0.393 e. The fraction of sp³-hybridized carbons (Fsp3) is 0.846. The predicted octanol–water partition coefficient (Wildman–Crippen LogP) is 0.342. The zero-order valence-corrected chi connectivity index (χ0v) is 12.2. The lowest BCUT2D eigenvalue weighted by atomic mass is 10.1. The van der Waals surface area contributed by atoms with E-state index in [2.05, 4.69) is 34.0 Å². The second-order valence-electron chi connectivity index (χ2n) is 5.68. The number of hydrogen-bond donors (Lipinski definition) is 1. The van der Waals surface area contributed by atoms with Crippen molar-refractivity contribution in [2.24, 2.45) is 0 Å². The van der Waals surface area contributed by atoms with Crippen molar-refractivity contribution in [3.8, 4) is 0 Å². The predicted molar refractivity (Wildman–Crippen MR) is 72.0 cm³/mol. The van der Waals surface area contributed by atoms with E-state index in [0.717, 1.165) is 31.9 Å². The van der Waals surface area contributed by atoms with Crippen LogP contribution in [-0.4, -0.2) is 70.9 Å². The van der Waals surface area contributed by atoms with E-state index < -0.39 is 6.10 Å². The minimum absolute atomic E-state index is 0.118. The van der Waals surface area contributed by atoms with E-state index in [1.165, 1.54) is 0 Å². The maximum Gasteiger partial charge on any atom is 0.232 e. The van der Waals surface area contributed by atoms with Gasteiger partial charge in [-0.3, -0.25) is 0 Å². The van der Waals surface area contributed by atoms with E-state index in [0.29, 0.717) is 11.9 Å². The maximum atomic E-state index is 9.54. The van der Waals surface area contributed by atoms with Crippen molar-refractivity contribution in [3.63, 3.8) is 0 Å². The van der Waals surface area contributed by atoms with Crippen LogP contribution in [0.5, 0.6) is 0 Å². The highest BCUT2D eigenvalue weighted by atomic mass is 16.5. The molecule has 3 unspecified atom stereocenters. The maximum absolute atomic E-state index is 9.54. The molecular formula is C13H24N4O2. The Kier molecular flexibility index (Phi) is 4.54. The Hall–Kier alpha value is -0.980. The first-order chi connectivity index (χ1) is 8.97. The van der Waals surface area contributed by atoms with E-state index in [1.54, 1.807) is 6.92 Å². The summed E-state index contributed by atoms with van der Waals surface area (Å²) in [6, 6.07) is 0.422. The Morgan fingerprint density at radius 1 is 1.37 bits per heavy atom. The summed E-state index contributed by atoms with van der Waals surface area (Å²) < 4.78 is 5.24. The number of aromatic nitrogens is 2. The number of likely N-dealkylation sites (N-methyl/N-ethyl adjacent to an activating group) is 2. The van der Waals surface area contributed by atoms with Crippen molar-refractivity contribution in [3.05, 3.63) is 11.7 Å². The van der Waals surface area contributed by atoms with Gasteiger partial charge in [-0.2, -0.15) is 4.98 Å². The van der Waals surface area contributed by atoms with Gasteiger partial charge in [0.2, 0.25) is 5.89 Å². The van der Waals surface area contributed by atoms with Gasteiger partial charge < -0.3 is 19.4 Å². The Morgan fingerprint density at radius 2 is 2.11 bits per heavy atom.